The van der Waals surface area contributed by atoms with E-state index in [9.17, 15) is 4.79 Å². The van der Waals surface area contributed by atoms with Gasteiger partial charge in [0.2, 0.25) is 11.1 Å². The number of carbonyl (C=O) groups excluding carboxylic acids is 1. The van der Waals surface area contributed by atoms with Crippen molar-refractivity contribution in [2.45, 2.75) is 44.3 Å². The van der Waals surface area contributed by atoms with Gasteiger partial charge in [-0.2, -0.15) is 4.98 Å². The van der Waals surface area contributed by atoms with Gasteiger partial charge in [-0.05, 0) is 31.1 Å². The van der Waals surface area contributed by atoms with Crippen molar-refractivity contribution in [3.8, 4) is 0 Å². The van der Waals surface area contributed by atoms with Gasteiger partial charge in [0.25, 0.3) is 0 Å². The van der Waals surface area contributed by atoms with Crippen LogP contribution in [0.5, 0.6) is 0 Å². The maximum absolute atomic E-state index is 12.7. The van der Waals surface area contributed by atoms with Crippen LogP contribution in [0.4, 0.5) is 5.95 Å². The molecule has 1 atom stereocenters. The van der Waals surface area contributed by atoms with E-state index in [0.29, 0.717) is 6.42 Å². The lowest BCUT2D eigenvalue weighted by Gasteiger charge is -2.32. The third-order valence-electron chi connectivity index (χ3n) is 4.52. The van der Waals surface area contributed by atoms with Gasteiger partial charge < -0.3 is 5.32 Å². The van der Waals surface area contributed by atoms with Crippen LogP contribution in [-0.2, 0) is 4.79 Å². The van der Waals surface area contributed by atoms with Gasteiger partial charge in [0.15, 0.2) is 5.78 Å². The molecule has 1 N–H and O–H groups in total. The van der Waals surface area contributed by atoms with Gasteiger partial charge in [-0.15, -0.1) is 5.10 Å². The molecule has 1 unspecified atom stereocenters. The summed E-state index contributed by atoms with van der Waals surface area (Å²) in [5, 5.41) is 8.77. The van der Waals surface area contributed by atoms with Gasteiger partial charge in [-0.1, -0.05) is 48.5 Å². The lowest BCUT2D eigenvalue weighted by molar-refractivity contribution is -0.116. The van der Waals surface area contributed by atoms with Gasteiger partial charge in [0.05, 0.1) is 0 Å². The van der Waals surface area contributed by atoms with Crippen LogP contribution in [0.15, 0.2) is 40.7 Å². The molecule has 0 radical (unpaired) electrons. The Bertz CT molecular complexity index is 822. The first-order valence-corrected chi connectivity index (χ1v) is 9.35. The fourth-order valence-corrected chi connectivity index (χ4v) is 3.94. The van der Waals surface area contributed by atoms with Crippen LogP contribution in [-0.4, -0.2) is 26.3 Å². The van der Waals surface area contributed by atoms with Crippen LogP contribution in [0.25, 0.3) is 0 Å². The Balaban J connectivity index is 1.87. The number of rotatable bonds is 3. The summed E-state index contributed by atoms with van der Waals surface area (Å²) < 4.78 is 1.88. The van der Waals surface area contributed by atoms with E-state index >= 15 is 0 Å². The fraction of sp³-hybridized carbons (Fsp3) is 0.389. The van der Waals surface area contributed by atoms with Crippen LogP contribution in [0.3, 0.4) is 0 Å². The number of ketones is 1. The highest BCUT2D eigenvalue weighted by atomic mass is 32.2. The number of Topliss-reactive ketones (excluding diaryl/α,β-unsaturated/α-hetero) is 1. The molecule has 0 saturated heterocycles. The lowest BCUT2D eigenvalue weighted by Crippen LogP contribution is -2.31. The van der Waals surface area contributed by atoms with Crippen LogP contribution in [0, 0.1) is 6.92 Å². The molecule has 0 saturated carbocycles. The molecular formula is C18H20N4OS. The van der Waals surface area contributed by atoms with E-state index in [1.54, 1.807) is 11.8 Å². The molecule has 24 heavy (non-hydrogen) atoms. The summed E-state index contributed by atoms with van der Waals surface area (Å²) in [6, 6.07) is 8.18. The zero-order valence-corrected chi connectivity index (χ0v) is 14.7. The topological polar surface area (TPSA) is 59.8 Å². The van der Waals surface area contributed by atoms with E-state index in [2.05, 4.69) is 53.5 Å². The Morgan fingerprint density at radius 3 is 2.83 bits per heavy atom. The van der Waals surface area contributed by atoms with Crippen molar-refractivity contribution < 1.29 is 4.79 Å². The Hall–Kier alpha value is -2.08. The number of allylic oxidation sites excluding steroid dienone is 2. The number of aromatic nitrogens is 3. The van der Waals surface area contributed by atoms with Crippen molar-refractivity contribution in [1.29, 1.82) is 0 Å². The number of anilines is 1. The summed E-state index contributed by atoms with van der Waals surface area (Å²) in [4.78, 5) is 17.3. The Morgan fingerprint density at radius 1 is 1.29 bits per heavy atom. The summed E-state index contributed by atoms with van der Waals surface area (Å²) >= 11 is 1.62. The van der Waals surface area contributed by atoms with Gasteiger partial charge in [-0.3, -0.25) is 4.79 Å². The summed E-state index contributed by atoms with van der Waals surface area (Å²) in [6.45, 7) is 4.15. The van der Waals surface area contributed by atoms with Crippen LogP contribution < -0.4 is 5.32 Å². The Labute approximate surface area is 145 Å². The second-order valence-corrected chi connectivity index (χ2v) is 7.43. The molecule has 0 spiro atoms. The van der Waals surface area contributed by atoms with E-state index in [-0.39, 0.29) is 11.8 Å². The number of benzene rings is 1. The largest absolute Gasteiger partial charge is 0.328 e. The fourth-order valence-electron chi connectivity index (χ4n) is 3.38. The molecule has 0 bridgehead atoms. The number of thioether (sulfide) groups is 1. The second kappa shape index (κ2) is 6.09. The zero-order chi connectivity index (χ0) is 16.7. The number of nitrogens with zero attached hydrogens (tertiary/aromatic N) is 3. The van der Waals surface area contributed by atoms with E-state index in [0.717, 1.165) is 46.5 Å². The summed E-state index contributed by atoms with van der Waals surface area (Å²) in [5.41, 5.74) is 4.17. The molecule has 6 heteroatoms. The van der Waals surface area contributed by atoms with Crippen LogP contribution >= 0.6 is 11.8 Å². The molecule has 1 aliphatic heterocycles. The average molecular weight is 340 g/mol. The molecule has 5 nitrogen and oxygen atoms in total. The maximum Gasteiger partial charge on any atom is 0.227 e. The molecule has 1 aromatic carbocycles. The number of hydrogen-bond acceptors (Lipinski definition) is 5. The van der Waals surface area contributed by atoms with Crippen LogP contribution in [0.2, 0.25) is 0 Å². The monoisotopic (exact) mass is 340 g/mol. The number of fused-ring (bicyclic) bond motifs is 1. The smallest absolute Gasteiger partial charge is 0.227 e. The summed E-state index contributed by atoms with van der Waals surface area (Å²) in [5.74, 6) is 1.88. The average Bonchev–Trinajstić information content (AvgIpc) is 2.96. The Morgan fingerprint density at radius 2 is 2.08 bits per heavy atom. The van der Waals surface area contributed by atoms with Gasteiger partial charge in [0.1, 0.15) is 6.04 Å². The lowest BCUT2D eigenvalue weighted by atomic mass is 9.85. The Kier molecular flexibility index (Phi) is 3.92. The van der Waals surface area contributed by atoms with Crippen molar-refractivity contribution in [3.63, 3.8) is 0 Å². The molecule has 1 aliphatic carbocycles. The van der Waals surface area contributed by atoms with Crippen molar-refractivity contribution in [3.05, 3.63) is 46.7 Å². The first-order valence-electron chi connectivity index (χ1n) is 8.36. The van der Waals surface area contributed by atoms with Gasteiger partial charge in [0, 0.05) is 17.7 Å². The molecule has 2 aromatic rings. The van der Waals surface area contributed by atoms with Crippen molar-refractivity contribution in [1.82, 2.24) is 14.8 Å². The number of nitrogens with one attached hydrogen (secondary N) is 1. The van der Waals surface area contributed by atoms with Gasteiger partial charge >= 0.3 is 0 Å². The molecule has 0 amide bonds. The maximum atomic E-state index is 12.7. The van der Waals surface area contributed by atoms with E-state index < -0.39 is 0 Å². The third-order valence-corrected chi connectivity index (χ3v) is 5.24. The molecule has 1 aromatic heterocycles. The standard InChI is InChI=1S/C18H20N4OS/c1-3-24-18-20-17-19-13-5-4-6-14(23)15(13)16(22(17)21-18)12-9-7-11(2)8-10-12/h7-10,16H,3-6H2,1-2H3,(H,19,20,21). The predicted molar refractivity (Wildman–Crippen MR) is 95.2 cm³/mol. The minimum Gasteiger partial charge on any atom is -0.328 e. The second-order valence-electron chi connectivity index (χ2n) is 6.20. The zero-order valence-electron chi connectivity index (χ0n) is 13.9. The molecule has 2 aliphatic rings. The van der Waals surface area contributed by atoms with E-state index in [1.165, 1.54) is 5.56 Å². The molecular weight excluding hydrogens is 320 g/mol. The van der Waals surface area contributed by atoms with E-state index in [1.807, 2.05) is 4.68 Å². The first-order chi connectivity index (χ1) is 11.7. The number of carbonyl (C=O) groups is 1. The molecule has 2 heterocycles. The SMILES string of the molecule is CCSc1nc2n(n1)C(c1ccc(C)cc1)C1=C(CCCC1=O)N2. The minimum absolute atomic E-state index is 0.177. The quantitative estimate of drug-likeness (QED) is 0.863. The highest BCUT2D eigenvalue weighted by Gasteiger charge is 2.36. The summed E-state index contributed by atoms with van der Waals surface area (Å²) in [7, 11) is 0. The van der Waals surface area contributed by atoms with Crippen molar-refractivity contribution in [2.24, 2.45) is 0 Å². The highest BCUT2D eigenvalue weighted by Crippen LogP contribution is 2.40. The van der Waals surface area contributed by atoms with E-state index in [4.69, 9.17) is 0 Å². The third kappa shape index (κ3) is 2.55. The van der Waals surface area contributed by atoms with Crippen LogP contribution in [0.1, 0.15) is 43.4 Å². The molecule has 0 fully saturated rings. The molecule has 124 valence electrons. The van der Waals surface area contributed by atoms with Crippen molar-refractivity contribution in [2.75, 3.05) is 11.1 Å². The highest BCUT2D eigenvalue weighted by molar-refractivity contribution is 7.99. The minimum atomic E-state index is -0.177. The molecule has 4 rings (SSSR count). The first kappa shape index (κ1) is 15.4. The number of hydrogen-bond donors (Lipinski definition) is 1. The van der Waals surface area contributed by atoms with Gasteiger partial charge in [-0.25, -0.2) is 4.68 Å². The summed E-state index contributed by atoms with van der Waals surface area (Å²) in [6.07, 6.45) is 2.41. The van der Waals surface area contributed by atoms with Crippen molar-refractivity contribution >= 4 is 23.5 Å². The predicted octanol–water partition coefficient (Wildman–Crippen LogP) is 3.72. The normalized spacial score (nSPS) is 19.8. The number of aryl methyl sites for hydroxylation is 1.